The number of piperidine rings is 1. The van der Waals surface area contributed by atoms with Gasteiger partial charge in [0.05, 0.1) is 6.20 Å². The summed E-state index contributed by atoms with van der Waals surface area (Å²) in [6, 6.07) is 3.68. The molecule has 1 aliphatic rings. The fourth-order valence-corrected chi connectivity index (χ4v) is 2.46. The molecule has 0 unspecified atom stereocenters. The van der Waals surface area contributed by atoms with Crippen LogP contribution in [-0.4, -0.2) is 27.9 Å². The predicted octanol–water partition coefficient (Wildman–Crippen LogP) is 0.791. The van der Waals surface area contributed by atoms with E-state index in [0.717, 1.165) is 24.9 Å². The van der Waals surface area contributed by atoms with Crippen LogP contribution in [0, 0.1) is 5.92 Å². The molecule has 18 heavy (non-hydrogen) atoms. The summed E-state index contributed by atoms with van der Waals surface area (Å²) in [6.07, 6.45) is 5.70. The topological polar surface area (TPSA) is 59.8 Å². The van der Waals surface area contributed by atoms with Crippen molar-refractivity contribution in [1.82, 2.24) is 20.1 Å². The van der Waals surface area contributed by atoms with Crippen LogP contribution in [0.5, 0.6) is 0 Å². The third-order valence-electron chi connectivity index (χ3n) is 3.44. The fraction of sp³-hybridized carbons (Fsp3) is 0.462. The summed E-state index contributed by atoms with van der Waals surface area (Å²) in [6.45, 7) is 2.73. The summed E-state index contributed by atoms with van der Waals surface area (Å²) in [4.78, 5) is 16.4. The van der Waals surface area contributed by atoms with Gasteiger partial charge in [0.1, 0.15) is 5.52 Å². The normalized spacial score (nSPS) is 20.1. The Morgan fingerprint density at radius 1 is 1.50 bits per heavy atom. The van der Waals surface area contributed by atoms with Gasteiger partial charge in [0, 0.05) is 18.1 Å². The summed E-state index contributed by atoms with van der Waals surface area (Å²) in [7, 11) is 0. The Labute approximate surface area is 105 Å². The fourth-order valence-electron chi connectivity index (χ4n) is 2.46. The molecule has 1 aliphatic heterocycles. The van der Waals surface area contributed by atoms with E-state index in [1.54, 1.807) is 17.1 Å². The lowest BCUT2D eigenvalue weighted by Crippen LogP contribution is -2.35. The van der Waals surface area contributed by atoms with E-state index in [0.29, 0.717) is 18.0 Å². The largest absolute Gasteiger partial charge is 0.316 e. The highest BCUT2D eigenvalue weighted by Gasteiger charge is 2.15. The third kappa shape index (κ3) is 2.13. The van der Waals surface area contributed by atoms with Crippen molar-refractivity contribution in [3.8, 4) is 0 Å². The van der Waals surface area contributed by atoms with E-state index in [4.69, 9.17) is 0 Å². The zero-order valence-corrected chi connectivity index (χ0v) is 10.2. The molecule has 0 aliphatic carbocycles. The van der Waals surface area contributed by atoms with Crippen LogP contribution in [-0.2, 0) is 6.54 Å². The number of nitrogens with zero attached hydrogens (tertiary/aromatic N) is 3. The third-order valence-corrected chi connectivity index (χ3v) is 3.44. The van der Waals surface area contributed by atoms with Crippen LogP contribution in [0.1, 0.15) is 12.8 Å². The Bertz CT molecular complexity index is 601. The van der Waals surface area contributed by atoms with E-state index in [9.17, 15) is 4.79 Å². The Kier molecular flexibility index (Phi) is 3.06. The van der Waals surface area contributed by atoms with Crippen LogP contribution in [0.15, 0.2) is 29.3 Å². The number of nitrogens with one attached hydrogen (secondary N) is 1. The first-order chi connectivity index (χ1) is 8.84. The molecule has 2 aromatic heterocycles. The van der Waals surface area contributed by atoms with Gasteiger partial charge in [-0.2, -0.15) is 5.10 Å². The number of rotatable bonds is 2. The van der Waals surface area contributed by atoms with Crippen LogP contribution < -0.4 is 10.9 Å². The van der Waals surface area contributed by atoms with Gasteiger partial charge in [0.2, 0.25) is 0 Å². The molecule has 0 bridgehead atoms. The van der Waals surface area contributed by atoms with Gasteiger partial charge in [-0.1, -0.05) is 0 Å². The highest BCUT2D eigenvalue weighted by Crippen LogP contribution is 2.11. The van der Waals surface area contributed by atoms with Crippen molar-refractivity contribution in [2.45, 2.75) is 19.4 Å². The van der Waals surface area contributed by atoms with Crippen LogP contribution in [0.4, 0.5) is 0 Å². The minimum Gasteiger partial charge on any atom is -0.316 e. The summed E-state index contributed by atoms with van der Waals surface area (Å²) in [5.74, 6) is 0.491. The van der Waals surface area contributed by atoms with Crippen LogP contribution in [0.25, 0.3) is 10.9 Å². The van der Waals surface area contributed by atoms with E-state index in [1.165, 1.54) is 6.42 Å². The van der Waals surface area contributed by atoms with E-state index < -0.39 is 0 Å². The lowest BCUT2D eigenvalue weighted by Gasteiger charge is -2.22. The second-order valence-electron chi connectivity index (χ2n) is 4.79. The van der Waals surface area contributed by atoms with Crippen molar-refractivity contribution in [2.24, 2.45) is 5.92 Å². The molecule has 3 rings (SSSR count). The van der Waals surface area contributed by atoms with Crippen molar-refractivity contribution in [3.63, 3.8) is 0 Å². The molecule has 0 radical (unpaired) electrons. The Balaban J connectivity index is 1.92. The van der Waals surface area contributed by atoms with Crippen LogP contribution >= 0.6 is 0 Å². The second-order valence-corrected chi connectivity index (χ2v) is 4.79. The molecule has 0 saturated carbocycles. The van der Waals surface area contributed by atoms with Crippen LogP contribution in [0.2, 0.25) is 0 Å². The zero-order valence-electron chi connectivity index (χ0n) is 10.2. The predicted molar refractivity (Wildman–Crippen MR) is 69.4 cm³/mol. The molecular weight excluding hydrogens is 228 g/mol. The van der Waals surface area contributed by atoms with Gasteiger partial charge in [0.15, 0.2) is 0 Å². The van der Waals surface area contributed by atoms with E-state index in [2.05, 4.69) is 15.4 Å². The highest BCUT2D eigenvalue weighted by atomic mass is 16.1. The molecule has 1 atom stereocenters. The number of fused-ring (bicyclic) bond motifs is 1. The average molecular weight is 244 g/mol. The molecule has 0 spiro atoms. The molecule has 1 fully saturated rings. The van der Waals surface area contributed by atoms with Gasteiger partial charge in [0.25, 0.3) is 5.56 Å². The smallest absolute Gasteiger partial charge is 0.293 e. The first-order valence-corrected chi connectivity index (χ1v) is 6.36. The molecule has 3 heterocycles. The summed E-state index contributed by atoms with van der Waals surface area (Å²) < 4.78 is 1.55. The quantitative estimate of drug-likeness (QED) is 0.848. The van der Waals surface area contributed by atoms with Crippen molar-refractivity contribution in [1.29, 1.82) is 0 Å². The standard InChI is InChI=1S/C13H16N4O/c18-13-12-11(4-2-6-15-12)8-16-17(13)9-10-3-1-5-14-7-10/h2,4,6,8,10,14H,1,3,5,7,9H2/t10-/m1/s1. The van der Waals surface area contributed by atoms with Gasteiger partial charge < -0.3 is 5.32 Å². The van der Waals surface area contributed by atoms with Gasteiger partial charge in [-0.25, -0.2) is 4.68 Å². The summed E-state index contributed by atoms with van der Waals surface area (Å²) >= 11 is 0. The number of pyridine rings is 1. The maximum atomic E-state index is 12.2. The first-order valence-electron chi connectivity index (χ1n) is 6.36. The molecular formula is C13H16N4O. The molecule has 0 aromatic carbocycles. The maximum absolute atomic E-state index is 12.2. The molecule has 0 amide bonds. The molecule has 5 heteroatoms. The monoisotopic (exact) mass is 244 g/mol. The van der Waals surface area contributed by atoms with Gasteiger partial charge >= 0.3 is 0 Å². The maximum Gasteiger partial charge on any atom is 0.293 e. The van der Waals surface area contributed by atoms with Crippen molar-refractivity contribution >= 4 is 10.9 Å². The van der Waals surface area contributed by atoms with Crippen molar-refractivity contribution in [2.75, 3.05) is 13.1 Å². The molecule has 94 valence electrons. The summed E-state index contributed by atoms with van der Waals surface area (Å²) in [5, 5.41) is 8.40. The Morgan fingerprint density at radius 3 is 3.28 bits per heavy atom. The Morgan fingerprint density at radius 2 is 2.44 bits per heavy atom. The lowest BCUT2D eigenvalue weighted by molar-refractivity contribution is 0.320. The summed E-state index contributed by atoms with van der Waals surface area (Å²) in [5.41, 5.74) is 0.426. The lowest BCUT2D eigenvalue weighted by atomic mass is 10.00. The second kappa shape index (κ2) is 4.86. The molecule has 1 saturated heterocycles. The van der Waals surface area contributed by atoms with E-state index in [1.807, 2.05) is 12.1 Å². The van der Waals surface area contributed by atoms with Gasteiger partial charge in [-0.15, -0.1) is 0 Å². The van der Waals surface area contributed by atoms with Gasteiger partial charge in [-0.3, -0.25) is 9.78 Å². The first kappa shape index (κ1) is 11.3. The number of hydrogen-bond donors (Lipinski definition) is 1. The van der Waals surface area contributed by atoms with Crippen LogP contribution in [0.3, 0.4) is 0 Å². The number of hydrogen-bond acceptors (Lipinski definition) is 4. The number of aromatic nitrogens is 3. The van der Waals surface area contributed by atoms with Crippen molar-refractivity contribution in [3.05, 3.63) is 34.9 Å². The SMILES string of the molecule is O=c1c2ncccc2cnn1C[C@@H]1CCCNC1. The minimum atomic E-state index is -0.0846. The van der Waals surface area contributed by atoms with Gasteiger partial charge in [-0.05, 0) is 44.0 Å². The minimum absolute atomic E-state index is 0.0846. The Hall–Kier alpha value is -1.75. The molecule has 2 aromatic rings. The highest BCUT2D eigenvalue weighted by molar-refractivity contribution is 5.75. The van der Waals surface area contributed by atoms with E-state index >= 15 is 0 Å². The van der Waals surface area contributed by atoms with E-state index in [-0.39, 0.29) is 5.56 Å². The van der Waals surface area contributed by atoms with Crippen molar-refractivity contribution < 1.29 is 0 Å². The molecule has 5 nitrogen and oxygen atoms in total. The molecule has 1 N–H and O–H groups in total. The average Bonchev–Trinajstić information content (AvgIpc) is 2.43. The zero-order chi connectivity index (χ0) is 12.4.